The van der Waals surface area contributed by atoms with Gasteiger partial charge in [0.2, 0.25) is 21.8 Å². The molecule has 9 heteroatoms. The van der Waals surface area contributed by atoms with Gasteiger partial charge in [0.25, 0.3) is 0 Å². The Morgan fingerprint density at radius 3 is 2.30 bits per heavy atom. The van der Waals surface area contributed by atoms with Crippen molar-refractivity contribution in [2.24, 2.45) is 17.8 Å². The first-order valence-corrected chi connectivity index (χ1v) is 14.3. The summed E-state index contributed by atoms with van der Waals surface area (Å²) in [6.45, 7) is 8.91. The van der Waals surface area contributed by atoms with Crippen LogP contribution in [0, 0.1) is 17.8 Å². The fraction of sp³-hybridized carbons (Fsp3) is 0.667. The zero-order valence-electron chi connectivity index (χ0n) is 19.7. The Morgan fingerprint density at radius 2 is 1.70 bits per heavy atom. The van der Waals surface area contributed by atoms with Crippen LogP contribution in [-0.2, 0) is 26.0 Å². The summed E-state index contributed by atoms with van der Waals surface area (Å²) >= 11 is 3.45. The maximum atomic E-state index is 13.7. The minimum atomic E-state index is -3.79. The van der Waals surface area contributed by atoms with Crippen molar-refractivity contribution < 1.29 is 18.0 Å². The molecule has 1 aromatic rings. The molecular formula is C24H34BrN3O4S. The maximum absolute atomic E-state index is 13.7. The predicted molar refractivity (Wildman–Crippen MR) is 131 cm³/mol. The molecule has 2 atom stereocenters. The first-order valence-electron chi connectivity index (χ1n) is 12.0. The normalized spacial score (nSPS) is 24.7. The van der Waals surface area contributed by atoms with Crippen molar-refractivity contribution in [2.75, 3.05) is 37.6 Å². The average Bonchev–Trinajstić information content (AvgIpc) is 3.20. The van der Waals surface area contributed by atoms with Crippen LogP contribution >= 0.6 is 15.9 Å². The molecule has 4 rings (SSSR count). The number of likely N-dealkylation sites (tertiary alicyclic amines) is 1. The van der Waals surface area contributed by atoms with Crippen LogP contribution in [0.4, 0.5) is 5.69 Å². The van der Waals surface area contributed by atoms with E-state index in [9.17, 15) is 18.0 Å². The molecule has 3 aliphatic heterocycles. The van der Waals surface area contributed by atoms with Crippen molar-refractivity contribution in [3.8, 4) is 0 Å². The molecule has 2 fully saturated rings. The van der Waals surface area contributed by atoms with Gasteiger partial charge in [0.05, 0.1) is 5.69 Å². The maximum Gasteiger partial charge on any atom is 0.245 e. The van der Waals surface area contributed by atoms with Gasteiger partial charge in [0.1, 0.15) is 4.90 Å². The molecule has 0 N–H and O–H groups in total. The van der Waals surface area contributed by atoms with Gasteiger partial charge in [-0.15, -0.1) is 0 Å². The number of carbonyl (C=O) groups is 2. The van der Waals surface area contributed by atoms with Gasteiger partial charge >= 0.3 is 0 Å². The van der Waals surface area contributed by atoms with Crippen molar-refractivity contribution in [2.45, 2.75) is 57.8 Å². The third-order valence-corrected chi connectivity index (χ3v) is 9.57. The van der Waals surface area contributed by atoms with E-state index in [1.54, 1.807) is 17.9 Å². The van der Waals surface area contributed by atoms with E-state index in [2.05, 4.69) is 29.8 Å². The Bertz CT molecular complexity index is 1030. The van der Waals surface area contributed by atoms with Crippen LogP contribution in [-0.4, -0.2) is 62.2 Å². The standard InChI is InChI=1S/C24H34BrN3O4S/c1-4-22(29)28-10-7-19-12-20(25)13-21(23(19)28)33(31,32)27-8-5-18(6-9-27)24(30)26-14-16(2)11-17(3)15-26/h12-13,16-18H,4-11,14-15H2,1-3H3/t16-,17-/m1/s1. The lowest BCUT2D eigenvalue weighted by Crippen LogP contribution is -2.48. The van der Waals surface area contributed by atoms with E-state index in [1.807, 2.05) is 11.0 Å². The number of nitrogens with zero attached hydrogens (tertiary/aromatic N) is 3. The highest BCUT2D eigenvalue weighted by molar-refractivity contribution is 9.10. The summed E-state index contributed by atoms with van der Waals surface area (Å²) in [7, 11) is -3.79. The van der Waals surface area contributed by atoms with E-state index in [0.29, 0.717) is 67.3 Å². The number of anilines is 1. The molecule has 7 nitrogen and oxygen atoms in total. The molecular weight excluding hydrogens is 506 g/mol. The molecule has 0 spiro atoms. The van der Waals surface area contributed by atoms with E-state index >= 15 is 0 Å². The fourth-order valence-electron chi connectivity index (χ4n) is 5.69. The summed E-state index contributed by atoms with van der Waals surface area (Å²) < 4.78 is 29.6. The largest absolute Gasteiger partial charge is 0.342 e. The first kappa shape index (κ1) is 24.7. The third kappa shape index (κ3) is 4.86. The molecule has 1 aromatic carbocycles. The van der Waals surface area contributed by atoms with Crippen LogP contribution in [0.3, 0.4) is 0 Å². The number of halogens is 1. The van der Waals surface area contributed by atoms with E-state index in [0.717, 1.165) is 25.1 Å². The molecule has 3 heterocycles. The lowest BCUT2D eigenvalue weighted by Gasteiger charge is -2.39. The van der Waals surface area contributed by atoms with Gasteiger partial charge < -0.3 is 9.80 Å². The van der Waals surface area contributed by atoms with Crippen molar-refractivity contribution >= 4 is 43.5 Å². The van der Waals surface area contributed by atoms with E-state index < -0.39 is 10.0 Å². The van der Waals surface area contributed by atoms with Gasteiger partial charge in [-0.2, -0.15) is 4.31 Å². The molecule has 0 radical (unpaired) electrons. The monoisotopic (exact) mass is 539 g/mol. The molecule has 0 saturated carbocycles. The number of benzene rings is 1. The van der Waals surface area contributed by atoms with Crippen LogP contribution in [0.1, 0.15) is 52.0 Å². The Morgan fingerprint density at radius 1 is 1.06 bits per heavy atom. The van der Waals surface area contributed by atoms with E-state index in [4.69, 9.17) is 0 Å². The minimum Gasteiger partial charge on any atom is -0.342 e. The SMILES string of the molecule is CCC(=O)N1CCc2cc(Br)cc(S(=O)(=O)N3CCC(C(=O)N4C[C@H](C)C[C@@H](C)C4)CC3)c21. The Labute approximate surface area is 205 Å². The third-order valence-electron chi connectivity index (χ3n) is 7.20. The molecule has 0 unspecified atom stereocenters. The van der Waals surface area contributed by atoms with Crippen LogP contribution in [0.15, 0.2) is 21.5 Å². The summed E-state index contributed by atoms with van der Waals surface area (Å²) in [6, 6.07) is 3.52. The zero-order chi connectivity index (χ0) is 23.9. The number of hydrogen-bond donors (Lipinski definition) is 0. The summed E-state index contributed by atoms with van der Waals surface area (Å²) in [5.74, 6) is 0.992. The van der Waals surface area contributed by atoms with Gasteiger partial charge in [-0.05, 0) is 55.2 Å². The number of fused-ring (bicyclic) bond motifs is 1. The second-order valence-electron chi connectivity index (χ2n) is 9.93. The lowest BCUT2D eigenvalue weighted by molar-refractivity contribution is -0.139. The van der Waals surface area contributed by atoms with Gasteiger partial charge in [0.15, 0.2) is 0 Å². The van der Waals surface area contributed by atoms with Crippen molar-refractivity contribution in [1.82, 2.24) is 9.21 Å². The molecule has 2 saturated heterocycles. The molecule has 33 heavy (non-hydrogen) atoms. The zero-order valence-corrected chi connectivity index (χ0v) is 22.1. The van der Waals surface area contributed by atoms with Crippen molar-refractivity contribution in [3.63, 3.8) is 0 Å². The summed E-state index contributed by atoms with van der Waals surface area (Å²) in [5, 5.41) is 0. The van der Waals surface area contributed by atoms with Gasteiger partial charge in [-0.25, -0.2) is 8.42 Å². The number of rotatable bonds is 4. The Kier molecular flexibility index (Phi) is 7.22. The average molecular weight is 541 g/mol. The number of hydrogen-bond acceptors (Lipinski definition) is 4. The highest BCUT2D eigenvalue weighted by atomic mass is 79.9. The van der Waals surface area contributed by atoms with Gasteiger partial charge in [-0.3, -0.25) is 9.59 Å². The topological polar surface area (TPSA) is 78.0 Å². The number of amides is 2. The molecule has 0 aromatic heterocycles. The Hall–Kier alpha value is -1.45. The van der Waals surface area contributed by atoms with Gasteiger partial charge in [-0.1, -0.05) is 36.7 Å². The first-order chi connectivity index (χ1) is 15.6. The van der Waals surface area contributed by atoms with Gasteiger partial charge in [0, 0.05) is 49.5 Å². The Balaban J connectivity index is 1.51. The van der Waals surface area contributed by atoms with Crippen LogP contribution < -0.4 is 4.90 Å². The van der Waals surface area contributed by atoms with Crippen LogP contribution in [0.25, 0.3) is 0 Å². The number of carbonyl (C=O) groups excluding carboxylic acids is 2. The van der Waals surface area contributed by atoms with Crippen LogP contribution in [0.5, 0.6) is 0 Å². The molecule has 0 bridgehead atoms. The highest BCUT2D eigenvalue weighted by Gasteiger charge is 2.39. The number of piperidine rings is 2. The molecule has 2 amide bonds. The number of sulfonamides is 1. The second kappa shape index (κ2) is 9.66. The molecule has 182 valence electrons. The quantitative estimate of drug-likeness (QED) is 0.584. The molecule has 3 aliphatic rings. The van der Waals surface area contributed by atoms with E-state index in [-0.39, 0.29) is 22.6 Å². The summed E-state index contributed by atoms with van der Waals surface area (Å²) in [5.41, 5.74) is 1.41. The lowest BCUT2D eigenvalue weighted by atomic mass is 9.89. The summed E-state index contributed by atoms with van der Waals surface area (Å²) in [6.07, 6.45) is 3.19. The van der Waals surface area contributed by atoms with Crippen molar-refractivity contribution in [3.05, 3.63) is 22.2 Å². The van der Waals surface area contributed by atoms with Crippen LogP contribution in [0.2, 0.25) is 0 Å². The van der Waals surface area contributed by atoms with Crippen molar-refractivity contribution in [1.29, 1.82) is 0 Å². The van der Waals surface area contributed by atoms with E-state index in [1.165, 1.54) is 4.31 Å². The predicted octanol–water partition coefficient (Wildman–Crippen LogP) is 3.65. The minimum absolute atomic E-state index is 0.0678. The summed E-state index contributed by atoms with van der Waals surface area (Å²) in [4.78, 5) is 29.4. The fourth-order valence-corrected chi connectivity index (χ4v) is 8.08. The smallest absolute Gasteiger partial charge is 0.245 e. The second-order valence-corrected chi connectivity index (χ2v) is 12.8. The highest BCUT2D eigenvalue weighted by Crippen LogP contribution is 2.40. The molecule has 0 aliphatic carbocycles.